The highest BCUT2D eigenvalue weighted by atomic mass is 16.5. The fourth-order valence-electron chi connectivity index (χ4n) is 2.41. The summed E-state index contributed by atoms with van der Waals surface area (Å²) in [5.74, 6) is 0.754. The topological polar surface area (TPSA) is 68.2 Å². The van der Waals surface area contributed by atoms with Gasteiger partial charge in [-0.2, -0.15) is 5.10 Å². The maximum Gasteiger partial charge on any atom is 0.319 e. The lowest BCUT2D eigenvalue weighted by Gasteiger charge is -2.09. The van der Waals surface area contributed by atoms with Crippen LogP contribution in [0.15, 0.2) is 67.0 Å². The van der Waals surface area contributed by atoms with E-state index in [-0.39, 0.29) is 6.03 Å². The number of hydrogen-bond acceptors (Lipinski definition) is 3. The molecule has 0 aliphatic rings. The zero-order valence-electron chi connectivity index (χ0n) is 14.0. The highest BCUT2D eigenvalue weighted by Crippen LogP contribution is 2.14. The number of ether oxygens (including phenoxy) is 1. The Bertz CT molecular complexity index is 796. The van der Waals surface area contributed by atoms with Crippen LogP contribution in [0.3, 0.4) is 0 Å². The number of benzene rings is 2. The molecule has 0 spiro atoms. The third kappa shape index (κ3) is 4.60. The van der Waals surface area contributed by atoms with Gasteiger partial charge in [-0.05, 0) is 54.4 Å². The standard InChI is InChI=1S/C19H20N4O2/c1-25-18-9-5-16(6-10-18)22-19(24)20-13-11-15-3-7-17(8-4-15)23-14-2-12-21-23/h2-10,12,14H,11,13H2,1H3,(H2,20,22,24). The van der Waals surface area contributed by atoms with E-state index in [0.29, 0.717) is 6.54 Å². The van der Waals surface area contributed by atoms with Crippen molar-refractivity contribution in [3.8, 4) is 11.4 Å². The summed E-state index contributed by atoms with van der Waals surface area (Å²) < 4.78 is 6.90. The van der Waals surface area contributed by atoms with Crippen molar-refractivity contribution in [2.24, 2.45) is 0 Å². The lowest BCUT2D eigenvalue weighted by atomic mass is 10.1. The van der Waals surface area contributed by atoms with Gasteiger partial charge in [-0.15, -0.1) is 0 Å². The first-order valence-corrected chi connectivity index (χ1v) is 8.02. The summed E-state index contributed by atoms with van der Waals surface area (Å²) in [6.45, 7) is 0.559. The first-order chi connectivity index (χ1) is 12.2. The average molecular weight is 336 g/mol. The van der Waals surface area contributed by atoms with Crippen molar-refractivity contribution in [2.45, 2.75) is 6.42 Å². The van der Waals surface area contributed by atoms with Crippen LogP contribution in [-0.4, -0.2) is 29.5 Å². The van der Waals surface area contributed by atoms with E-state index in [4.69, 9.17) is 4.74 Å². The monoisotopic (exact) mass is 336 g/mol. The van der Waals surface area contributed by atoms with Gasteiger partial charge in [0.05, 0.1) is 12.8 Å². The quantitative estimate of drug-likeness (QED) is 0.726. The Balaban J connectivity index is 1.44. The van der Waals surface area contributed by atoms with E-state index in [2.05, 4.69) is 15.7 Å². The van der Waals surface area contributed by atoms with E-state index < -0.39 is 0 Å². The normalized spacial score (nSPS) is 10.3. The van der Waals surface area contributed by atoms with Crippen LogP contribution in [0.25, 0.3) is 5.69 Å². The predicted octanol–water partition coefficient (Wildman–Crippen LogP) is 3.25. The van der Waals surface area contributed by atoms with Gasteiger partial charge in [-0.1, -0.05) is 12.1 Å². The minimum Gasteiger partial charge on any atom is -0.497 e. The Labute approximate surface area is 146 Å². The molecule has 0 fully saturated rings. The third-order valence-corrected chi connectivity index (χ3v) is 3.75. The number of hydrogen-bond donors (Lipinski definition) is 2. The summed E-state index contributed by atoms with van der Waals surface area (Å²) in [6, 6.07) is 17.0. The minimum absolute atomic E-state index is 0.224. The number of rotatable bonds is 6. The van der Waals surface area contributed by atoms with Gasteiger partial charge < -0.3 is 15.4 Å². The molecule has 0 radical (unpaired) electrons. The van der Waals surface area contributed by atoms with Crippen molar-refractivity contribution in [3.05, 3.63) is 72.6 Å². The largest absolute Gasteiger partial charge is 0.497 e. The Morgan fingerprint density at radius 3 is 2.52 bits per heavy atom. The molecule has 1 aromatic heterocycles. The molecule has 6 nitrogen and oxygen atoms in total. The number of urea groups is 1. The molecule has 0 saturated heterocycles. The van der Waals surface area contributed by atoms with E-state index in [9.17, 15) is 4.79 Å². The number of methoxy groups -OCH3 is 1. The summed E-state index contributed by atoms with van der Waals surface area (Å²) >= 11 is 0. The summed E-state index contributed by atoms with van der Waals surface area (Å²) in [4.78, 5) is 11.9. The van der Waals surface area contributed by atoms with Crippen LogP contribution >= 0.6 is 0 Å². The lowest BCUT2D eigenvalue weighted by Crippen LogP contribution is -2.30. The molecule has 2 amide bonds. The maximum absolute atomic E-state index is 11.9. The molecule has 2 aromatic carbocycles. The van der Waals surface area contributed by atoms with E-state index >= 15 is 0 Å². The molecule has 3 rings (SSSR count). The SMILES string of the molecule is COc1ccc(NC(=O)NCCc2ccc(-n3cccn3)cc2)cc1. The molecule has 0 bridgehead atoms. The van der Waals surface area contributed by atoms with Crippen LogP contribution in [0.4, 0.5) is 10.5 Å². The number of nitrogens with zero attached hydrogens (tertiary/aromatic N) is 2. The molecular formula is C19H20N4O2. The number of carbonyl (C=O) groups is 1. The molecule has 2 N–H and O–H groups in total. The van der Waals surface area contributed by atoms with E-state index in [1.165, 1.54) is 0 Å². The molecule has 6 heteroatoms. The summed E-state index contributed by atoms with van der Waals surface area (Å²) in [5, 5.41) is 9.84. The van der Waals surface area contributed by atoms with E-state index in [1.54, 1.807) is 37.6 Å². The second kappa shape index (κ2) is 8.01. The van der Waals surface area contributed by atoms with Crippen LogP contribution in [0, 0.1) is 0 Å². The number of nitrogens with one attached hydrogen (secondary N) is 2. The van der Waals surface area contributed by atoms with Gasteiger partial charge in [-0.3, -0.25) is 0 Å². The van der Waals surface area contributed by atoms with Crippen molar-refractivity contribution in [1.29, 1.82) is 0 Å². The van der Waals surface area contributed by atoms with Crippen LogP contribution in [0.5, 0.6) is 5.75 Å². The van der Waals surface area contributed by atoms with Crippen LogP contribution in [-0.2, 0) is 6.42 Å². The third-order valence-electron chi connectivity index (χ3n) is 3.75. The van der Waals surface area contributed by atoms with Gasteiger partial charge in [0.25, 0.3) is 0 Å². The number of amides is 2. The number of aromatic nitrogens is 2. The van der Waals surface area contributed by atoms with Gasteiger partial charge in [0.2, 0.25) is 0 Å². The van der Waals surface area contributed by atoms with Gasteiger partial charge >= 0.3 is 6.03 Å². The minimum atomic E-state index is -0.224. The number of carbonyl (C=O) groups excluding carboxylic acids is 1. The van der Waals surface area contributed by atoms with Gasteiger partial charge in [-0.25, -0.2) is 9.48 Å². The first kappa shape index (κ1) is 16.6. The summed E-state index contributed by atoms with van der Waals surface area (Å²) in [7, 11) is 1.61. The van der Waals surface area contributed by atoms with Gasteiger partial charge in [0.15, 0.2) is 0 Å². The molecule has 1 heterocycles. The Morgan fingerprint density at radius 1 is 1.12 bits per heavy atom. The molecule has 0 saturated carbocycles. The second-order valence-corrected chi connectivity index (χ2v) is 5.48. The van der Waals surface area contributed by atoms with E-state index in [0.717, 1.165) is 29.1 Å². The van der Waals surface area contributed by atoms with Crippen LogP contribution in [0.2, 0.25) is 0 Å². The van der Waals surface area contributed by atoms with Crippen molar-refractivity contribution < 1.29 is 9.53 Å². The highest BCUT2D eigenvalue weighted by molar-refractivity contribution is 5.89. The fraction of sp³-hybridized carbons (Fsp3) is 0.158. The second-order valence-electron chi connectivity index (χ2n) is 5.48. The van der Waals surface area contributed by atoms with Crippen molar-refractivity contribution in [1.82, 2.24) is 15.1 Å². The number of anilines is 1. The molecule has 25 heavy (non-hydrogen) atoms. The molecular weight excluding hydrogens is 316 g/mol. The zero-order valence-corrected chi connectivity index (χ0v) is 14.0. The summed E-state index contributed by atoms with van der Waals surface area (Å²) in [5.41, 5.74) is 2.89. The van der Waals surface area contributed by atoms with Crippen molar-refractivity contribution >= 4 is 11.7 Å². The van der Waals surface area contributed by atoms with Crippen molar-refractivity contribution in [3.63, 3.8) is 0 Å². The molecule has 3 aromatic rings. The molecule has 0 aliphatic heterocycles. The highest BCUT2D eigenvalue weighted by Gasteiger charge is 2.02. The maximum atomic E-state index is 11.9. The molecule has 0 unspecified atom stereocenters. The van der Waals surface area contributed by atoms with Crippen molar-refractivity contribution in [2.75, 3.05) is 19.0 Å². The summed E-state index contributed by atoms with van der Waals surface area (Å²) in [6.07, 6.45) is 4.41. The predicted molar refractivity (Wildman–Crippen MR) is 97.3 cm³/mol. The first-order valence-electron chi connectivity index (χ1n) is 8.02. The molecule has 0 aliphatic carbocycles. The van der Waals surface area contributed by atoms with Gasteiger partial charge in [0.1, 0.15) is 5.75 Å². The Kier molecular flexibility index (Phi) is 5.31. The van der Waals surface area contributed by atoms with Crippen LogP contribution in [0.1, 0.15) is 5.56 Å². The smallest absolute Gasteiger partial charge is 0.319 e. The molecule has 0 atom stereocenters. The lowest BCUT2D eigenvalue weighted by molar-refractivity contribution is 0.252. The van der Waals surface area contributed by atoms with Crippen LogP contribution < -0.4 is 15.4 Å². The fourth-order valence-corrected chi connectivity index (χ4v) is 2.41. The molecule has 128 valence electrons. The van der Waals surface area contributed by atoms with Gasteiger partial charge in [0, 0.05) is 24.6 Å². The van der Waals surface area contributed by atoms with E-state index in [1.807, 2.05) is 41.2 Å². The zero-order chi connectivity index (χ0) is 17.5. The Hall–Kier alpha value is -3.28. The Morgan fingerprint density at radius 2 is 1.88 bits per heavy atom. The average Bonchev–Trinajstić information content (AvgIpc) is 3.18.